The third kappa shape index (κ3) is 9.15. The van der Waals surface area contributed by atoms with Crippen molar-refractivity contribution in [1.82, 2.24) is 5.32 Å². The normalized spacial score (nSPS) is 19.9. The minimum absolute atomic E-state index is 0.386. The molecule has 1 N–H and O–H groups in total. The van der Waals surface area contributed by atoms with Crippen molar-refractivity contribution in [2.24, 2.45) is 5.92 Å². The van der Waals surface area contributed by atoms with Gasteiger partial charge in [0.05, 0.1) is 18.4 Å². The fourth-order valence-electron chi connectivity index (χ4n) is 2.95. The van der Waals surface area contributed by atoms with Crippen molar-refractivity contribution < 1.29 is 22.1 Å². The number of rotatable bonds is 6. The first-order valence-electron chi connectivity index (χ1n) is 8.34. The predicted octanol–water partition coefficient (Wildman–Crippen LogP) is 3.21. The maximum atomic E-state index is 12.0. The summed E-state index contributed by atoms with van der Waals surface area (Å²) in [6, 6.07) is -0.386. The fourth-order valence-corrected chi connectivity index (χ4v) is 3.64. The third-order valence-corrected chi connectivity index (χ3v) is 4.56. The average molecular weight is 349 g/mol. The molecule has 1 aliphatic rings. The van der Waals surface area contributed by atoms with Crippen LogP contribution in [0, 0.1) is 5.92 Å². The Labute approximate surface area is 140 Å². The molecule has 1 saturated carbocycles. The molecule has 1 rings (SSSR count). The number of carbonyl (C=O) groups is 1. The van der Waals surface area contributed by atoms with Crippen molar-refractivity contribution >= 4 is 16.2 Å². The van der Waals surface area contributed by atoms with Crippen LogP contribution >= 0.6 is 0 Å². The summed E-state index contributed by atoms with van der Waals surface area (Å²) in [5.74, 6) is 0.481. The lowest BCUT2D eigenvalue weighted by Gasteiger charge is -2.31. The first-order chi connectivity index (χ1) is 10.5. The third-order valence-electron chi connectivity index (χ3n) is 3.91. The van der Waals surface area contributed by atoms with Crippen LogP contribution in [-0.2, 0) is 19.0 Å². The van der Waals surface area contributed by atoms with Crippen LogP contribution in [0.2, 0.25) is 0 Å². The topological polar surface area (TPSA) is 81.7 Å². The van der Waals surface area contributed by atoms with E-state index < -0.39 is 27.9 Å². The lowest BCUT2D eigenvalue weighted by molar-refractivity contribution is 0.0436. The molecule has 0 aliphatic heterocycles. The molecule has 1 aliphatic carbocycles. The number of carbonyl (C=O) groups excluding carboxylic acids is 1. The molecule has 7 heteroatoms. The van der Waals surface area contributed by atoms with Crippen LogP contribution in [0.4, 0.5) is 4.79 Å². The van der Waals surface area contributed by atoms with Crippen molar-refractivity contribution in [2.45, 2.75) is 84.0 Å². The molecule has 6 nitrogen and oxygen atoms in total. The number of amides is 1. The van der Waals surface area contributed by atoms with Gasteiger partial charge in [0.2, 0.25) is 0 Å². The monoisotopic (exact) mass is 349 g/mol. The molecule has 23 heavy (non-hydrogen) atoms. The molecule has 0 aromatic carbocycles. The van der Waals surface area contributed by atoms with Crippen LogP contribution in [0.5, 0.6) is 0 Å². The highest BCUT2D eigenvalue weighted by Crippen LogP contribution is 2.28. The highest BCUT2D eigenvalue weighted by atomic mass is 32.2. The van der Waals surface area contributed by atoms with E-state index in [-0.39, 0.29) is 6.04 Å². The molecular weight excluding hydrogens is 318 g/mol. The van der Waals surface area contributed by atoms with Crippen LogP contribution < -0.4 is 5.32 Å². The maximum absolute atomic E-state index is 12.0. The van der Waals surface area contributed by atoms with Crippen LogP contribution in [0.25, 0.3) is 0 Å². The molecule has 0 radical (unpaired) electrons. The van der Waals surface area contributed by atoms with Gasteiger partial charge in [-0.2, -0.15) is 8.42 Å². The van der Waals surface area contributed by atoms with E-state index in [0.717, 1.165) is 19.1 Å². The van der Waals surface area contributed by atoms with Gasteiger partial charge < -0.3 is 10.1 Å². The number of ether oxygens (including phenoxy) is 1. The van der Waals surface area contributed by atoms with Crippen molar-refractivity contribution in [3.05, 3.63) is 0 Å². The summed E-state index contributed by atoms with van der Waals surface area (Å²) in [6.45, 7) is 7.05. The van der Waals surface area contributed by atoms with Gasteiger partial charge in [-0.1, -0.05) is 32.1 Å². The van der Waals surface area contributed by atoms with Crippen molar-refractivity contribution in [3.63, 3.8) is 0 Å². The number of hydrogen-bond donors (Lipinski definition) is 1. The standard InChI is InChI=1S/C16H31NO5S/c1-12(22-23(5,19)20)14(11-13-9-7-6-8-10-13)17-15(18)21-16(2,3)4/h12-14H,6-11H2,1-5H3,(H,17,18)/t12?,14-/m0/s1. The Morgan fingerprint density at radius 2 is 1.78 bits per heavy atom. The Bertz CT molecular complexity index is 477. The molecule has 136 valence electrons. The summed E-state index contributed by atoms with van der Waals surface area (Å²) in [4.78, 5) is 12.0. The van der Waals surface area contributed by atoms with Gasteiger partial charge in [-0.3, -0.25) is 4.18 Å². The Hall–Kier alpha value is -0.820. The Balaban J connectivity index is 2.72. The molecule has 0 saturated heterocycles. The van der Waals surface area contributed by atoms with Gasteiger partial charge >= 0.3 is 6.09 Å². The highest BCUT2D eigenvalue weighted by Gasteiger charge is 2.29. The summed E-state index contributed by atoms with van der Waals surface area (Å²) in [6.07, 6.45) is 6.40. The second-order valence-corrected chi connectivity index (χ2v) is 9.10. The van der Waals surface area contributed by atoms with Crippen LogP contribution in [-0.4, -0.2) is 38.5 Å². The number of nitrogens with one attached hydrogen (secondary N) is 1. The van der Waals surface area contributed by atoms with Gasteiger partial charge in [0.15, 0.2) is 0 Å². The zero-order chi connectivity index (χ0) is 17.7. The summed E-state index contributed by atoms with van der Waals surface area (Å²) in [7, 11) is -3.57. The van der Waals surface area contributed by atoms with E-state index in [1.54, 1.807) is 27.7 Å². The quantitative estimate of drug-likeness (QED) is 0.745. The largest absolute Gasteiger partial charge is 0.444 e. The smallest absolute Gasteiger partial charge is 0.407 e. The van der Waals surface area contributed by atoms with E-state index in [9.17, 15) is 13.2 Å². The minimum Gasteiger partial charge on any atom is -0.444 e. The zero-order valence-electron chi connectivity index (χ0n) is 14.9. The molecule has 0 heterocycles. The molecule has 0 bridgehead atoms. The van der Waals surface area contributed by atoms with Crippen LogP contribution in [0.1, 0.15) is 66.2 Å². The van der Waals surface area contributed by atoms with Gasteiger partial charge in [-0.25, -0.2) is 4.79 Å². The second kappa shape index (κ2) is 8.33. The predicted molar refractivity (Wildman–Crippen MR) is 89.7 cm³/mol. The van der Waals surface area contributed by atoms with Crippen molar-refractivity contribution in [2.75, 3.05) is 6.26 Å². The van der Waals surface area contributed by atoms with Gasteiger partial charge in [-0.05, 0) is 40.0 Å². The number of hydrogen-bond acceptors (Lipinski definition) is 5. The Morgan fingerprint density at radius 3 is 2.26 bits per heavy atom. The van der Waals surface area contributed by atoms with Gasteiger partial charge in [-0.15, -0.1) is 0 Å². The van der Waals surface area contributed by atoms with Crippen LogP contribution in [0.3, 0.4) is 0 Å². The molecule has 0 aromatic rings. The summed E-state index contributed by atoms with van der Waals surface area (Å²) >= 11 is 0. The van der Waals surface area contributed by atoms with Gasteiger partial charge in [0.1, 0.15) is 5.60 Å². The average Bonchev–Trinajstić information content (AvgIpc) is 2.34. The van der Waals surface area contributed by atoms with Crippen molar-refractivity contribution in [3.8, 4) is 0 Å². The van der Waals surface area contributed by atoms with E-state index in [2.05, 4.69) is 5.32 Å². The fraction of sp³-hybridized carbons (Fsp3) is 0.938. The Morgan fingerprint density at radius 1 is 1.22 bits per heavy atom. The van der Waals surface area contributed by atoms with E-state index in [1.165, 1.54) is 19.3 Å². The molecule has 1 unspecified atom stereocenters. The Kier molecular flexibility index (Phi) is 7.32. The SMILES string of the molecule is CC(OS(C)(=O)=O)[C@H](CC1CCCCC1)NC(=O)OC(C)(C)C. The first kappa shape index (κ1) is 20.2. The minimum atomic E-state index is -3.57. The van der Waals surface area contributed by atoms with Crippen molar-refractivity contribution in [1.29, 1.82) is 0 Å². The molecular formula is C16H31NO5S. The summed E-state index contributed by atoms with van der Waals surface area (Å²) < 4.78 is 33.1. The highest BCUT2D eigenvalue weighted by molar-refractivity contribution is 7.86. The molecule has 1 amide bonds. The van der Waals surface area contributed by atoms with E-state index in [0.29, 0.717) is 12.3 Å². The number of alkyl carbamates (subject to hydrolysis) is 1. The first-order valence-corrected chi connectivity index (χ1v) is 10.2. The van der Waals surface area contributed by atoms with E-state index in [4.69, 9.17) is 8.92 Å². The molecule has 0 spiro atoms. The zero-order valence-corrected chi connectivity index (χ0v) is 15.7. The molecule has 0 aromatic heterocycles. The lowest BCUT2D eigenvalue weighted by Crippen LogP contribution is -2.47. The summed E-state index contributed by atoms with van der Waals surface area (Å²) in [5.41, 5.74) is -0.597. The summed E-state index contributed by atoms with van der Waals surface area (Å²) in [5, 5.41) is 2.79. The van der Waals surface area contributed by atoms with E-state index in [1.807, 2.05) is 0 Å². The van der Waals surface area contributed by atoms with Crippen LogP contribution in [0.15, 0.2) is 0 Å². The lowest BCUT2D eigenvalue weighted by atomic mass is 9.84. The van der Waals surface area contributed by atoms with E-state index >= 15 is 0 Å². The van der Waals surface area contributed by atoms with Gasteiger partial charge in [0.25, 0.3) is 10.1 Å². The van der Waals surface area contributed by atoms with Gasteiger partial charge in [0, 0.05) is 0 Å². The molecule has 1 fully saturated rings. The molecule has 2 atom stereocenters. The maximum Gasteiger partial charge on any atom is 0.407 e. The second-order valence-electron chi connectivity index (χ2n) is 7.50.